The van der Waals surface area contributed by atoms with E-state index in [-0.39, 0.29) is 17.7 Å². The van der Waals surface area contributed by atoms with Crippen molar-refractivity contribution in [2.75, 3.05) is 27.4 Å². The number of rotatable bonds is 19. The molecule has 3 N–H and O–H groups in total. The molecule has 3 atom stereocenters. The Morgan fingerprint density at radius 2 is 1.60 bits per heavy atom. The summed E-state index contributed by atoms with van der Waals surface area (Å²) in [5.41, 5.74) is 7.98. The first-order valence-corrected chi connectivity index (χ1v) is 17.1. The number of benzene rings is 2. The minimum atomic E-state index is -0.517. The molecule has 0 heterocycles. The van der Waals surface area contributed by atoms with Gasteiger partial charge in [0.25, 0.3) is 0 Å². The highest BCUT2D eigenvalue weighted by atomic mass is 16.5. The number of methoxy groups -OCH3 is 2. The van der Waals surface area contributed by atoms with Crippen LogP contribution in [0.2, 0.25) is 0 Å². The van der Waals surface area contributed by atoms with Crippen molar-refractivity contribution in [3.05, 3.63) is 59.7 Å². The van der Waals surface area contributed by atoms with Gasteiger partial charge in [-0.2, -0.15) is 0 Å². The van der Waals surface area contributed by atoms with Gasteiger partial charge >= 0.3 is 0 Å². The molecule has 7 heteroatoms. The Hall–Kier alpha value is -2.61. The zero-order valence-electron chi connectivity index (χ0n) is 28.8. The van der Waals surface area contributed by atoms with Crippen molar-refractivity contribution in [1.29, 1.82) is 0 Å². The summed E-state index contributed by atoms with van der Waals surface area (Å²) < 4.78 is 22.3. The minimum absolute atomic E-state index is 0.134. The summed E-state index contributed by atoms with van der Waals surface area (Å²) in [6.45, 7) is 10.4. The van der Waals surface area contributed by atoms with Gasteiger partial charge in [0, 0.05) is 26.1 Å². The number of carbonyl (C=O) groups is 1. The van der Waals surface area contributed by atoms with Crippen LogP contribution in [0.15, 0.2) is 48.5 Å². The van der Waals surface area contributed by atoms with E-state index in [0.717, 1.165) is 37.4 Å². The lowest BCUT2D eigenvalue weighted by molar-refractivity contribution is -0.124. The van der Waals surface area contributed by atoms with E-state index in [1.54, 1.807) is 14.2 Å². The predicted molar refractivity (Wildman–Crippen MR) is 182 cm³/mol. The average molecular weight is 628 g/mol. The maximum Gasteiger partial charge on any atom is 0.220 e. The van der Waals surface area contributed by atoms with Gasteiger partial charge in [0.15, 0.2) is 11.5 Å². The summed E-state index contributed by atoms with van der Waals surface area (Å²) in [5, 5.41) is 10.5. The van der Waals surface area contributed by atoms with Gasteiger partial charge in [-0.25, -0.2) is 0 Å². The van der Waals surface area contributed by atoms with Gasteiger partial charge in [-0.3, -0.25) is 4.79 Å². The monoisotopic (exact) mass is 627 g/mol. The molecule has 2 unspecified atom stereocenters. The fraction of sp³-hybridized carbons (Fsp3) is 0.658. The molecule has 0 spiro atoms. The van der Waals surface area contributed by atoms with Crippen molar-refractivity contribution < 1.29 is 28.8 Å². The molecular weight excluding hydrogens is 566 g/mol. The summed E-state index contributed by atoms with van der Waals surface area (Å²) in [6.07, 6.45) is 10.3. The average Bonchev–Trinajstić information content (AvgIpc) is 3.04. The summed E-state index contributed by atoms with van der Waals surface area (Å²) in [6, 6.07) is 16.5. The first-order valence-electron chi connectivity index (χ1n) is 17.1. The van der Waals surface area contributed by atoms with Crippen LogP contribution in [0.4, 0.5) is 0 Å². The van der Waals surface area contributed by atoms with E-state index in [1.807, 2.05) is 26.0 Å². The van der Waals surface area contributed by atoms with Crippen LogP contribution in [-0.4, -0.2) is 50.7 Å². The van der Waals surface area contributed by atoms with E-state index in [2.05, 4.69) is 50.2 Å². The van der Waals surface area contributed by atoms with Crippen molar-refractivity contribution >= 4 is 5.91 Å². The maximum atomic E-state index is 11.6. The quantitative estimate of drug-likeness (QED) is 0.155. The summed E-state index contributed by atoms with van der Waals surface area (Å²) >= 11 is 0. The molecule has 0 radical (unpaired) electrons. The molecule has 1 aliphatic rings. The highest BCUT2D eigenvalue weighted by molar-refractivity contribution is 5.76. The number of hydrogen-bond donors (Lipinski definition) is 2. The molecule has 0 bridgehead atoms. The third-order valence-corrected chi connectivity index (χ3v) is 8.87. The van der Waals surface area contributed by atoms with Crippen LogP contribution in [-0.2, 0) is 27.3 Å². The molecular formula is C38H61NO6. The molecule has 0 aromatic heterocycles. The number of carbonyl (C=O) groups excluding carboxylic acids is 1. The molecule has 3 rings (SSSR count). The predicted octanol–water partition coefficient (Wildman–Crippen LogP) is 7.75. The zero-order valence-corrected chi connectivity index (χ0v) is 28.8. The zero-order chi connectivity index (χ0) is 33.0. The van der Waals surface area contributed by atoms with Crippen molar-refractivity contribution in [2.24, 2.45) is 29.4 Å². The largest absolute Gasteiger partial charge is 0.493 e. The Morgan fingerprint density at radius 1 is 0.889 bits per heavy atom. The third-order valence-electron chi connectivity index (χ3n) is 8.87. The van der Waals surface area contributed by atoms with Gasteiger partial charge in [0.05, 0.1) is 32.5 Å². The van der Waals surface area contributed by atoms with Crippen molar-refractivity contribution in [2.45, 2.75) is 111 Å². The molecule has 1 fully saturated rings. The Labute approximate surface area is 273 Å². The van der Waals surface area contributed by atoms with Gasteiger partial charge in [-0.15, -0.1) is 0 Å². The highest BCUT2D eigenvalue weighted by Crippen LogP contribution is 2.32. The summed E-state index contributed by atoms with van der Waals surface area (Å²) in [7, 11) is 3.33. The third kappa shape index (κ3) is 15.5. The second kappa shape index (κ2) is 22.0. The maximum absolute atomic E-state index is 11.6. The van der Waals surface area contributed by atoms with E-state index in [9.17, 15) is 9.90 Å². The lowest BCUT2D eigenvalue weighted by Gasteiger charge is -2.25. The van der Waals surface area contributed by atoms with Crippen LogP contribution in [0.25, 0.3) is 0 Å². The Morgan fingerprint density at radius 3 is 2.20 bits per heavy atom. The lowest BCUT2D eigenvalue weighted by Crippen LogP contribution is -2.31. The van der Waals surface area contributed by atoms with Crippen molar-refractivity contribution in [3.63, 3.8) is 0 Å². The number of amides is 1. The SMILES string of the molecule is COCCCOc1cc(CC(CC[C@@H](O)CC(C(N)=O)C(C)C)C(C)C)ccc1OC.c1ccc(COC2CCCCC2)cc1. The number of primary amides is 1. The molecule has 0 aliphatic heterocycles. The van der Waals surface area contributed by atoms with E-state index < -0.39 is 6.10 Å². The van der Waals surface area contributed by atoms with E-state index in [0.29, 0.717) is 44.0 Å². The van der Waals surface area contributed by atoms with Gasteiger partial charge in [0.1, 0.15) is 0 Å². The molecule has 7 nitrogen and oxygen atoms in total. The molecule has 2 aromatic carbocycles. The molecule has 45 heavy (non-hydrogen) atoms. The molecule has 1 amide bonds. The second-order valence-electron chi connectivity index (χ2n) is 13.2. The Balaban J connectivity index is 0.000000414. The Bertz CT molecular complexity index is 1050. The van der Waals surface area contributed by atoms with Gasteiger partial charge in [0.2, 0.25) is 5.91 Å². The van der Waals surface area contributed by atoms with Crippen LogP contribution in [0.3, 0.4) is 0 Å². The van der Waals surface area contributed by atoms with E-state index in [4.69, 9.17) is 24.7 Å². The van der Waals surface area contributed by atoms with E-state index >= 15 is 0 Å². The number of hydrogen-bond acceptors (Lipinski definition) is 6. The summed E-state index contributed by atoms with van der Waals surface area (Å²) in [4.78, 5) is 11.6. The lowest BCUT2D eigenvalue weighted by atomic mass is 9.83. The fourth-order valence-corrected chi connectivity index (χ4v) is 5.87. The minimum Gasteiger partial charge on any atom is -0.493 e. The number of aliphatic hydroxyl groups is 1. The molecule has 254 valence electrons. The first kappa shape index (κ1) is 38.6. The second-order valence-corrected chi connectivity index (χ2v) is 13.2. The van der Waals surface area contributed by atoms with Crippen molar-refractivity contribution in [3.8, 4) is 11.5 Å². The van der Waals surface area contributed by atoms with E-state index in [1.165, 1.54) is 43.2 Å². The molecule has 1 aliphatic carbocycles. The van der Waals surface area contributed by atoms with Crippen LogP contribution in [0.5, 0.6) is 11.5 Å². The highest BCUT2D eigenvalue weighted by Gasteiger charge is 2.24. The Kier molecular flexibility index (Phi) is 18.9. The van der Waals surface area contributed by atoms with Gasteiger partial charge < -0.3 is 29.8 Å². The number of aliphatic hydroxyl groups excluding tert-OH is 1. The van der Waals surface area contributed by atoms with Crippen LogP contribution in [0, 0.1) is 23.7 Å². The topological polar surface area (TPSA) is 100 Å². The van der Waals surface area contributed by atoms with Gasteiger partial charge in [-0.05, 0) is 79.5 Å². The van der Waals surface area contributed by atoms with Gasteiger partial charge in [-0.1, -0.05) is 83.4 Å². The van der Waals surface area contributed by atoms with Crippen LogP contribution >= 0.6 is 0 Å². The van der Waals surface area contributed by atoms with Crippen LogP contribution < -0.4 is 15.2 Å². The normalized spacial score (nSPS) is 15.7. The standard InChI is InChI=1S/C25H43NO5.C13H18O/c1-17(2)20(9-10-21(27)16-22(18(3)4)25(26)28)14-19-8-11-23(30-6)24(15-19)31-13-7-12-29-5;1-3-7-12(8-4-1)11-14-13-9-5-2-6-10-13/h8,11,15,17-18,20-22,27H,7,9-10,12-14,16H2,1-6H3,(H2,26,28);1,3-4,7-8,13H,2,5-6,9-11H2/t20?,21-,22?;/m1./s1. The number of ether oxygens (including phenoxy) is 4. The smallest absolute Gasteiger partial charge is 0.220 e. The molecule has 1 saturated carbocycles. The summed E-state index contributed by atoms with van der Waals surface area (Å²) in [5.74, 6) is 1.88. The molecule has 2 aromatic rings. The number of nitrogens with two attached hydrogens (primary N) is 1. The first-order chi connectivity index (χ1) is 21.6. The van der Waals surface area contributed by atoms with Crippen molar-refractivity contribution in [1.82, 2.24) is 0 Å². The fourth-order valence-electron chi connectivity index (χ4n) is 5.87. The van der Waals surface area contributed by atoms with Crippen LogP contribution in [0.1, 0.15) is 96.6 Å². The molecule has 0 saturated heterocycles.